The summed E-state index contributed by atoms with van der Waals surface area (Å²) >= 11 is 0. The lowest BCUT2D eigenvalue weighted by molar-refractivity contribution is -0.144. The molecule has 1 rings (SSSR count). The Morgan fingerprint density at radius 2 is 1.02 bits per heavy atom. The second-order valence-electron chi connectivity index (χ2n) is 20.3. The zero-order chi connectivity index (χ0) is 60.6. The predicted molar refractivity (Wildman–Crippen MR) is 287 cm³/mol. The first-order valence-corrected chi connectivity index (χ1v) is 26.8. The number of carboxylic acids is 3. The number of aliphatic hydroxyl groups excluding tert-OH is 1. The van der Waals surface area contributed by atoms with Crippen molar-refractivity contribution < 1.29 is 78.0 Å². The number of aromatic amines is 1. The summed E-state index contributed by atoms with van der Waals surface area (Å²) in [4.78, 5) is 164. The molecule has 1 aromatic rings. The number of unbranched alkanes of at least 4 members (excludes halogenated alkanes) is 2. The Hall–Kier alpha value is -7.31. The maximum atomic E-state index is 14.2. The number of carbonyl (C=O) groups is 12. The maximum Gasteiger partial charge on any atom is 0.326 e. The van der Waals surface area contributed by atoms with E-state index in [4.69, 9.17) is 22.3 Å². The smallest absolute Gasteiger partial charge is 0.326 e. The van der Waals surface area contributed by atoms with E-state index in [0.29, 0.717) is 31.4 Å². The number of H-pyrrole nitrogens is 1. The Morgan fingerprint density at radius 1 is 0.562 bits per heavy atom. The van der Waals surface area contributed by atoms with Gasteiger partial charge in [-0.25, -0.2) is 9.78 Å². The fourth-order valence-electron chi connectivity index (χ4n) is 7.86. The summed E-state index contributed by atoms with van der Waals surface area (Å²) in [5, 5.41) is 60.4. The number of aromatic nitrogens is 2. The molecule has 0 aliphatic heterocycles. The summed E-state index contributed by atoms with van der Waals surface area (Å²) < 4.78 is 0. The number of imidazole rings is 1. The van der Waals surface area contributed by atoms with Gasteiger partial charge in [0.1, 0.15) is 48.3 Å². The highest BCUT2D eigenvalue weighted by Gasteiger charge is 2.36. The van der Waals surface area contributed by atoms with E-state index in [2.05, 4.69) is 57.8 Å². The number of hydrogen-bond acceptors (Lipinski definition) is 17. The summed E-state index contributed by atoms with van der Waals surface area (Å²) in [6.07, 6.45) is 2.39. The largest absolute Gasteiger partial charge is 0.481 e. The van der Waals surface area contributed by atoms with Crippen LogP contribution in [0.3, 0.4) is 0 Å². The fraction of sp³-hybridized carbons (Fsp3) is 0.700. The first-order chi connectivity index (χ1) is 37.7. The van der Waals surface area contributed by atoms with Gasteiger partial charge in [-0.1, -0.05) is 48.0 Å². The van der Waals surface area contributed by atoms with Crippen LogP contribution < -0.4 is 65.1 Å². The van der Waals surface area contributed by atoms with Gasteiger partial charge < -0.3 is 90.5 Å². The quantitative estimate of drug-likeness (QED) is 0.0279. The number of aliphatic carboxylic acids is 3. The second-order valence-corrected chi connectivity index (χ2v) is 20.3. The molecule has 0 aromatic carbocycles. The molecule has 1 aromatic heterocycles. The van der Waals surface area contributed by atoms with Gasteiger partial charge in [-0.15, -0.1) is 0 Å². The SMILES string of the molecule is CC[C@H](C)[C@H](NC(=O)[C@H](CO)NC(=O)[C@H](CCCCN)NC(=O)CNC(=O)[C@H](CCCCN)NC(=O)[C@H](CC(=O)O)NC(=O)[C@H](Cc1cnc[nH]1)NC(=O)[C@H](CC(C)C)NC(=O)[C@H](CC(C)C)NC(=O)[C@@H](N)CCC(=O)O)C(=O)O. The molecular formula is C50H86N14O16. The molecule has 1 heterocycles. The minimum Gasteiger partial charge on any atom is -0.481 e. The van der Waals surface area contributed by atoms with E-state index >= 15 is 0 Å². The number of amides is 9. The van der Waals surface area contributed by atoms with Crippen LogP contribution in [0.15, 0.2) is 12.5 Å². The number of hydrogen-bond donors (Lipinski definition) is 17. The molecule has 9 amide bonds. The minimum atomic E-state index is -1.88. The third-order valence-corrected chi connectivity index (χ3v) is 12.5. The van der Waals surface area contributed by atoms with Crippen LogP contribution in [0.4, 0.5) is 0 Å². The Morgan fingerprint density at radius 3 is 1.50 bits per heavy atom. The van der Waals surface area contributed by atoms with Crippen molar-refractivity contribution in [2.24, 2.45) is 35.0 Å². The monoisotopic (exact) mass is 1140 g/mol. The normalized spacial score (nSPS) is 14.9. The van der Waals surface area contributed by atoms with Crippen LogP contribution >= 0.6 is 0 Å². The molecule has 0 unspecified atom stereocenters. The Labute approximate surface area is 464 Å². The molecular weight excluding hydrogens is 1050 g/mol. The summed E-state index contributed by atoms with van der Waals surface area (Å²) in [5.74, 6) is -13.4. The van der Waals surface area contributed by atoms with E-state index < -0.39 is 157 Å². The van der Waals surface area contributed by atoms with E-state index in [1.165, 1.54) is 12.5 Å². The minimum absolute atomic E-state index is 0.0152. The van der Waals surface area contributed by atoms with Crippen molar-refractivity contribution in [1.82, 2.24) is 57.8 Å². The van der Waals surface area contributed by atoms with Crippen molar-refractivity contribution in [3.8, 4) is 0 Å². The third-order valence-electron chi connectivity index (χ3n) is 12.5. The summed E-state index contributed by atoms with van der Waals surface area (Å²) in [5.41, 5.74) is 17.5. The van der Waals surface area contributed by atoms with E-state index in [1.54, 1.807) is 41.5 Å². The van der Waals surface area contributed by atoms with Crippen molar-refractivity contribution in [1.29, 1.82) is 0 Å². The van der Waals surface area contributed by atoms with Gasteiger partial charge in [0.05, 0.1) is 31.9 Å². The summed E-state index contributed by atoms with van der Waals surface area (Å²) in [6, 6.07) is -13.0. The number of nitrogens with zero attached hydrogens (tertiary/aromatic N) is 1. The number of carboxylic acid groups (broad SMARTS) is 3. The number of aliphatic hydroxyl groups is 1. The van der Waals surface area contributed by atoms with Gasteiger partial charge in [0.25, 0.3) is 0 Å². The van der Waals surface area contributed by atoms with Crippen LogP contribution in [-0.4, -0.2) is 182 Å². The molecule has 30 nitrogen and oxygen atoms in total. The summed E-state index contributed by atoms with van der Waals surface area (Å²) in [7, 11) is 0. The van der Waals surface area contributed by atoms with Crippen LogP contribution in [0.2, 0.25) is 0 Å². The van der Waals surface area contributed by atoms with Crippen molar-refractivity contribution in [3.63, 3.8) is 0 Å². The van der Waals surface area contributed by atoms with E-state index in [-0.39, 0.29) is 69.9 Å². The molecule has 20 N–H and O–H groups in total. The zero-order valence-electron chi connectivity index (χ0n) is 46.5. The van der Waals surface area contributed by atoms with E-state index in [9.17, 15) is 72.9 Å². The molecule has 80 heavy (non-hydrogen) atoms. The molecule has 0 radical (unpaired) electrons. The molecule has 0 aliphatic rings. The number of nitrogens with one attached hydrogen (secondary N) is 10. The average Bonchev–Trinajstić information content (AvgIpc) is 3.91. The van der Waals surface area contributed by atoms with Crippen molar-refractivity contribution >= 4 is 71.1 Å². The molecule has 10 atom stereocenters. The average molecular weight is 1140 g/mol. The Bertz CT molecular complexity index is 2200. The van der Waals surface area contributed by atoms with Gasteiger partial charge in [-0.3, -0.25) is 52.7 Å². The van der Waals surface area contributed by atoms with Crippen LogP contribution in [0, 0.1) is 17.8 Å². The van der Waals surface area contributed by atoms with Crippen LogP contribution in [0.1, 0.15) is 124 Å². The molecule has 0 fully saturated rings. The van der Waals surface area contributed by atoms with Crippen molar-refractivity contribution in [2.75, 3.05) is 26.2 Å². The van der Waals surface area contributed by atoms with Crippen LogP contribution in [0.25, 0.3) is 0 Å². The molecule has 0 saturated carbocycles. The summed E-state index contributed by atoms with van der Waals surface area (Å²) in [6.45, 7) is 9.07. The number of rotatable bonds is 41. The van der Waals surface area contributed by atoms with Gasteiger partial charge in [-0.2, -0.15) is 0 Å². The van der Waals surface area contributed by atoms with E-state index in [1.807, 2.05) is 0 Å². The molecule has 30 heteroatoms. The highest BCUT2D eigenvalue weighted by atomic mass is 16.4. The Kier molecular flexibility index (Phi) is 33.2. The first kappa shape index (κ1) is 70.7. The van der Waals surface area contributed by atoms with Crippen LogP contribution in [0.5, 0.6) is 0 Å². The van der Waals surface area contributed by atoms with Gasteiger partial charge >= 0.3 is 17.9 Å². The highest BCUT2D eigenvalue weighted by molar-refractivity contribution is 5.99. The lowest BCUT2D eigenvalue weighted by Crippen LogP contribution is -2.60. The Balaban J connectivity index is 3.40. The highest BCUT2D eigenvalue weighted by Crippen LogP contribution is 2.13. The number of carbonyl (C=O) groups excluding carboxylic acids is 9. The fourth-order valence-corrected chi connectivity index (χ4v) is 7.86. The van der Waals surface area contributed by atoms with Gasteiger partial charge in [0, 0.05) is 24.7 Å². The molecule has 0 saturated heterocycles. The molecule has 0 spiro atoms. The standard InChI is InChI=1S/C50H86N14O16/c1-7-28(6)41(50(79)80)64-49(78)37(24-65)63-44(73)32(13-9-11-17-52)57-38(66)23-55-43(72)31(12-8-10-16-51)58-48(77)36(21-40(69)70)62-47(76)35(20-29-22-54-25-56-29)61-46(75)34(19-27(4)5)60-45(74)33(18-26(2)3)59-42(71)30(53)14-15-39(67)68/h22,25-28,30-37,41,65H,7-21,23-24,51-53H2,1-6H3,(H,54,56)(H,55,72)(H,57,66)(H,58,77)(H,59,71)(H,60,74)(H,61,75)(H,62,76)(H,63,73)(H,64,78)(H,67,68)(H,69,70)(H,79,80)/t28-,30-,31-,32-,33-,34-,35-,36-,37-,41-/m0/s1. The zero-order valence-corrected chi connectivity index (χ0v) is 46.5. The van der Waals surface area contributed by atoms with Crippen molar-refractivity contribution in [3.05, 3.63) is 18.2 Å². The molecule has 452 valence electrons. The van der Waals surface area contributed by atoms with Crippen molar-refractivity contribution in [2.45, 2.75) is 179 Å². The van der Waals surface area contributed by atoms with E-state index in [0.717, 1.165) is 0 Å². The molecule has 0 bridgehead atoms. The van der Waals surface area contributed by atoms with Crippen LogP contribution in [-0.2, 0) is 64.0 Å². The first-order valence-electron chi connectivity index (χ1n) is 26.8. The number of nitrogens with two attached hydrogens (primary N) is 3. The molecule has 0 aliphatic carbocycles. The maximum absolute atomic E-state index is 14.2. The van der Waals surface area contributed by atoms with Gasteiger partial charge in [-0.05, 0) is 88.6 Å². The second kappa shape index (κ2) is 37.5. The lowest BCUT2D eigenvalue weighted by Gasteiger charge is -2.28. The lowest BCUT2D eigenvalue weighted by atomic mass is 9.99. The van der Waals surface area contributed by atoms with Gasteiger partial charge in [0.2, 0.25) is 53.2 Å². The topological polar surface area (TPSA) is 501 Å². The third kappa shape index (κ3) is 27.5. The predicted octanol–water partition coefficient (Wildman–Crippen LogP) is -3.91. The van der Waals surface area contributed by atoms with Gasteiger partial charge in [0.15, 0.2) is 0 Å².